The van der Waals surface area contributed by atoms with Gasteiger partial charge in [-0.3, -0.25) is 4.79 Å². The second-order valence-electron chi connectivity index (χ2n) is 3.65. The summed E-state index contributed by atoms with van der Waals surface area (Å²) in [6.07, 6.45) is 0. The third-order valence-corrected chi connectivity index (χ3v) is 3.61. The van der Waals surface area contributed by atoms with Crippen LogP contribution in [0.25, 0.3) is 0 Å². The Morgan fingerprint density at radius 3 is 2.56 bits per heavy atom. The van der Waals surface area contributed by atoms with Gasteiger partial charge in [0, 0.05) is 15.7 Å². The average Bonchev–Trinajstić information content (AvgIpc) is 2.27. The van der Waals surface area contributed by atoms with Crippen LogP contribution < -0.4 is 5.73 Å². The van der Waals surface area contributed by atoms with Gasteiger partial charge >= 0.3 is 5.97 Å². The van der Waals surface area contributed by atoms with Crippen molar-refractivity contribution in [2.45, 2.75) is 17.4 Å². The van der Waals surface area contributed by atoms with Crippen molar-refractivity contribution in [2.75, 3.05) is 12.9 Å². The van der Waals surface area contributed by atoms with Crippen LogP contribution in [0.5, 0.6) is 0 Å². The molecule has 0 bridgehead atoms. The molecule has 0 aliphatic rings. The average molecular weight is 260 g/mol. The molecule has 0 saturated heterocycles. The Bertz CT molecular complexity index is 365. The highest BCUT2D eigenvalue weighted by molar-refractivity contribution is 7.99. The van der Waals surface area contributed by atoms with E-state index in [9.17, 15) is 4.79 Å². The van der Waals surface area contributed by atoms with Crippen molar-refractivity contribution in [3.05, 3.63) is 29.3 Å². The fourth-order valence-electron chi connectivity index (χ4n) is 1.06. The van der Waals surface area contributed by atoms with Crippen LogP contribution in [0.4, 0.5) is 0 Å². The van der Waals surface area contributed by atoms with Gasteiger partial charge in [0.05, 0.1) is 7.11 Å². The van der Waals surface area contributed by atoms with Crippen LogP contribution in [0.1, 0.15) is 6.92 Å². The van der Waals surface area contributed by atoms with Gasteiger partial charge in [-0.25, -0.2) is 0 Å². The number of rotatable bonds is 4. The van der Waals surface area contributed by atoms with E-state index < -0.39 is 11.5 Å². The Morgan fingerprint density at radius 1 is 1.50 bits per heavy atom. The van der Waals surface area contributed by atoms with E-state index in [4.69, 9.17) is 17.3 Å². The smallest absolute Gasteiger partial charge is 0.326 e. The number of benzene rings is 1. The summed E-state index contributed by atoms with van der Waals surface area (Å²) in [4.78, 5) is 12.3. The summed E-state index contributed by atoms with van der Waals surface area (Å²) in [6.45, 7) is 1.65. The quantitative estimate of drug-likeness (QED) is 0.666. The van der Waals surface area contributed by atoms with E-state index in [-0.39, 0.29) is 0 Å². The van der Waals surface area contributed by atoms with Crippen LogP contribution in [-0.2, 0) is 9.53 Å². The monoisotopic (exact) mass is 259 g/mol. The number of methoxy groups -OCH3 is 1. The van der Waals surface area contributed by atoms with Crippen molar-refractivity contribution < 1.29 is 9.53 Å². The molecule has 3 nitrogen and oxygen atoms in total. The number of carbonyl (C=O) groups is 1. The molecule has 0 fully saturated rings. The Labute approximate surface area is 104 Å². The molecule has 0 spiro atoms. The lowest BCUT2D eigenvalue weighted by atomic mass is 10.1. The first-order valence-electron chi connectivity index (χ1n) is 4.71. The van der Waals surface area contributed by atoms with Crippen molar-refractivity contribution in [3.8, 4) is 0 Å². The van der Waals surface area contributed by atoms with Gasteiger partial charge in [0.2, 0.25) is 0 Å². The molecule has 1 atom stereocenters. The van der Waals surface area contributed by atoms with Crippen LogP contribution in [-0.4, -0.2) is 24.4 Å². The minimum atomic E-state index is -0.973. The Hall–Kier alpha value is -0.710. The second kappa shape index (κ2) is 5.57. The molecule has 88 valence electrons. The molecule has 1 aromatic rings. The maximum atomic E-state index is 11.3. The van der Waals surface area contributed by atoms with Crippen molar-refractivity contribution in [1.29, 1.82) is 0 Å². The zero-order chi connectivity index (χ0) is 12.2. The highest BCUT2D eigenvalue weighted by Gasteiger charge is 2.29. The summed E-state index contributed by atoms with van der Waals surface area (Å²) >= 11 is 7.26. The van der Waals surface area contributed by atoms with Crippen LogP contribution in [0.15, 0.2) is 29.2 Å². The number of ether oxygens (including phenoxy) is 1. The predicted octanol–water partition coefficient (Wildman–Crippen LogP) is 2.32. The lowest BCUT2D eigenvalue weighted by Crippen LogP contribution is -2.48. The summed E-state index contributed by atoms with van der Waals surface area (Å²) in [6, 6.07) is 7.38. The minimum absolute atomic E-state index is 0.408. The second-order valence-corrected chi connectivity index (χ2v) is 5.14. The Morgan fingerprint density at radius 2 is 2.06 bits per heavy atom. The van der Waals surface area contributed by atoms with E-state index in [1.807, 2.05) is 12.1 Å². The number of thioether (sulfide) groups is 1. The summed E-state index contributed by atoms with van der Waals surface area (Å²) in [5.41, 5.74) is 4.85. The van der Waals surface area contributed by atoms with Crippen LogP contribution in [0.3, 0.4) is 0 Å². The highest BCUT2D eigenvalue weighted by atomic mass is 35.5. The molecule has 0 saturated carbocycles. The van der Waals surface area contributed by atoms with Crippen molar-refractivity contribution in [3.63, 3.8) is 0 Å². The fraction of sp³-hybridized carbons (Fsp3) is 0.364. The lowest BCUT2D eigenvalue weighted by Gasteiger charge is -2.20. The standard InChI is InChI=1S/C11H14ClNO2S/c1-11(13,10(14)15-2)7-16-9-5-3-8(12)4-6-9/h3-6H,7,13H2,1-2H3. The number of nitrogens with two attached hydrogens (primary N) is 1. The Balaban J connectivity index is 2.57. The van der Waals surface area contributed by atoms with E-state index in [0.717, 1.165) is 4.90 Å². The molecule has 0 radical (unpaired) electrons. The molecule has 1 unspecified atom stereocenters. The zero-order valence-electron chi connectivity index (χ0n) is 9.20. The molecule has 16 heavy (non-hydrogen) atoms. The first-order valence-corrected chi connectivity index (χ1v) is 6.08. The van der Waals surface area contributed by atoms with Gasteiger partial charge in [-0.2, -0.15) is 0 Å². The number of carbonyl (C=O) groups excluding carboxylic acids is 1. The first-order chi connectivity index (χ1) is 7.45. The molecule has 0 amide bonds. The lowest BCUT2D eigenvalue weighted by molar-refractivity contribution is -0.145. The maximum absolute atomic E-state index is 11.3. The van der Waals surface area contributed by atoms with Gasteiger partial charge < -0.3 is 10.5 Å². The SMILES string of the molecule is COC(=O)C(C)(N)CSc1ccc(Cl)cc1. The molecule has 0 aliphatic carbocycles. The van der Waals surface area contributed by atoms with Gasteiger partial charge in [-0.05, 0) is 31.2 Å². The van der Waals surface area contributed by atoms with Crippen molar-refractivity contribution in [1.82, 2.24) is 0 Å². The largest absolute Gasteiger partial charge is 0.468 e. The van der Waals surface area contributed by atoms with E-state index in [1.165, 1.54) is 18.9 Å². The zero-order valence-corrected chi connectivity index (χ0v) is 10.8. The number of hydrogen-bond donors (Lipinski definition) is 1. The van der Waals surface area contributed by atoms with E-state index >= 15 is 0 Å². The third-order valence-electron chi connectivity index (χ3n) is 2.00. The van der Waals surface area contributed by atoms with Gasteiger partial charge in [-0.1, -0.05) is 11.6 Å². The molecule has 1 aromatic carbocycles. The molecular formula is C11H14ClNO2S. The van der Waals surface area contributed by atoms with Crippen LogP contribution >= 0.6 is 23.4 Å². The first kappa shape index (κ1) is 13.4. The minimum Gasteiger partial charge on any atom is -0.468 e. The van der Waals surface area contributed by atoms with Gasteiger partial charge in [0.1, 0.15) is 5.54 Å². The summed E-state index contributed by atoms with van der Waals surface area (Å²) < 4.78 is 4.62. The molecule has 0 heterocycles. The molecule has 1 rings (SSSR count). The van der Waals surface area contributed by atoms with E-state index in [1.54, 1.807) is 19.1 Å². The third kappa shape index (κ3) is 3.70. The highest BCUT2D eigenvalue weighted by Crippen LogP contribution is 2.23. The number of halogens is 1. The molecule has 0 aliphatic heterocycles. The van der Waals surface area contributed by atoms with Crippen LogP contribution in [0, 0.1) is 0 Å². The number of esters is 1. The summed E-state index contributed by atoms with van der Waals surface area (Å²) in [5, 5.41) is 0.688. The Kier molecular flexibility index (Phi) is 4.65. The van der Waals surface area contributed by atoms with Gasteiger partial charge in [0.15, 0.2) is 0 Å². The fourth-order valence-corrected chi connectivity index (χ4v) is 2.10. The van der Waals surface area contributed by atoms with E-state index in [2.05, 4.69) is 4.74 Å². The normalized spacial score (nSPS) is 14.2. The molecule has 0 aromatic heterocycles. The number of hydrogen-bond acceptors (Lipinski definition) is 4. The summed E-state index contributed by atoms with van der Waals surface area (Å²) in [5.74, 6) is 0.0513. The van der Waals surface area contributed by atoms with Gasteiger partial charge in [0.25, 0.3) is 0 Å². The maximum Gasteiger partial charge on any atom is 0.326 e. The summed E-state index contributed by atoms with van der Waals surface area (Å²) in [7, 11) is 1.33. The van der Waals surface area contributed by atoms with Crippen LogP contribution in [0.2, 0.25) is 5.02 Å². The molecule has 5 heteroatoms. The predicted molar refractivity (Wildman–Crippen MR) is 66.8 cm³/mol. The molecule has 2 N–H and O–H groups in total. The topological polar surface area (TPSA) is 52.3 Å². The van der Waals surface area contributed by atoms with Gasteiger partial charge in [-0.15, -0.1) is 11.8 Å². The van der Waals surface area contributed by atoms with Crippen molar-refractivity contribution >= 4 is 29.3 Å². The van der Waals surface area contributed by atoms with E-state index in [0.29, 0.717) is 10.8 Å². The van der Waals surface area contributed by atoms with Crippen molar-refractivity contribution in [2.24, 2.45) is 5.73 Å². The molecular weight excluding hydrogens is 246 g/mol.